The van der Waals surface area contributed by atoms with Gasteiger partial charge in [0.2, 0.25) is 0 Å². The number of nitrogens with one attached hydrogen (secondary N) is 2. The van der Waals surface area contributed by atoms with Gasteiger partial charge in [0.25, 0.3) is 0 Å². The topological polar surface area (TPSA) is 85.4 Å². The molecule has 1 aliphatic rings. The molecule has 0 saturated heterocycles. The van der Waals surface area contributed by atoms with Gasteiger partial charge in [-0.2, -0.15) is 5.10 Å². The predicted octanol–water partition coefficient (Wildman–Crippen LogP) is 1.87. The summed E-state index contributed by atoms with van der Waals surface area (Å²) >= 11 is 0. The first kappa shape index (κ1) is 15.7. The molecule has 2 rings (SSSR count). The van der Waals surface area contributed by atoms with E-state index in [1.807, 2.05) is 13.0 Å². The van der Waals surface area contributed by atoms with Crippen LogP contribution in [0, 0.1) is 0 Å². The number of methoxy groups -OCH3 is 2. The highest BCUT2D eigenvalue weighted by molar-refractivity contribution is 5.88. The first-order chi connectivity index (χ1) is 10.2. The normalized spacial score (nSPS) is 15.8. The molecule has 0 bridgehead atoms. The summed E-state index contributed by atoms with van der Waals surface area (Å²) in [7, 11) is 3.08. The molecule has 7 nitrogen and oxygen atoms in total. The maximum Gasteiger partial charge on any atom is 0.320 e. The summed E-state index contributed by atoms with van der Waals surface area (Å²) in [6, 6.07) is 3.09. The van der Waals surface area contributed by atoms with E-state index in [1.165, 1.54) is 12.8 Å². The number of hydrogen-bond donors (Lipinski definition) is 2. The second-order valence-electron chi connectivity index (χ2n) is 5.07. The summed E-state index contributed by atoms with van der Waals surface area (Å²) in [4.78, 5) is 11.9. The third-order valence-corrected chi connectivity index (χ3v) is 3.47. The molecule has 1 saturated carbocycles. The van der Waals surface area contributed by atoms with Crippen LogP contribution in [0.4, 0.5) is 10.6 Å². The summed E-state index contributed by atoms with van der Waals surface area (Å²) in [6.45, 7) is 1.94. The largest absolute Gasteiger partial charge is 0.354 e. The highest BCUT2D eigenvalue weighted by atomic mass is 16.7. The van der Waals surface area contributed by atoms with Crippen molar-refractivity contribution in [2.24, 2.45) is 0 Å². The number of rotatable bonds is 7. The Morgan fingerprint density at radius 2 is 2.05 bits per heavy atom. The van der Waals surface area contributed by atoms with Crippen LogP contribution in [0.2, 0.25) is 0 Å². The Labute approximate surface area is 124 Å². The van der Waals surface area contributed by atoms with E-state index in [4.69, 9.17) is 9.47 Å². The van der Waals surface area contributed by atoms with Gasteiger partial charge < -0.3 is 14.8 Å². The Hall–Kier alpha value is -1.73. The molecular weight excluding hydrogens is 272 g/mol. The lowest BCUT2D eigenvalue weighted by Crippen LogP contribution is -2.46. The molecule has 1 atom stereocenters. The molecule has 21 heavy (non-hydrogen) atoms. The average molecular weight is 294 g/mol. The number of aromatic nitrogens is 2. The molecule has 0 aliphatic heterocycles. The van der Waals surface area contributed by atoms with Gasteiger partial charge in [-0.15, -0.1) is 5.10 Å². The molecule has 7 heteroatoms. The van der Waals surface area contributed by atoms with E-state index in [2.05, 4.69) is 20.8 Å². The molecule has 2 N–H and O–H groups in total. The number of ether oxygens (including phenoxy) is 2. The number of hydrogen-bond acceptors (Lipinski definition) is 5. The summed E-state index contributed by atoms with van der Waals surface area (Å²) in [5.74, 6) is 0.979. The van der Waals surface area contributed by atoms with Crippen molar-refractivity contribution in [3.8, 4) is 0 Å². The van der Waals surface area contributed by atoms with Crippen molar-refractivity contribution in [1.29, 1.82) is 0 Å². The van der Waals surface area contributed by atoms with Gasteiger partial charge in [-0.3, -0.25) is 5.32 Å². The number of urea groups is 1. The maximum absolute atomic E-state index is 11.9. The molecule has 1 unspecified atom stereocenters. The van der Waals surface area contributed by atoms with Crippen LogP contribution >= 0.6 is 0 Å². The highest BCUT2D eigenvalue weighted by Gasteiger charge is 2.25. The maximum atomic E-state index is 11.9. The first-order valence-corrected chi connectivity index (χ1v) is 7.14. The van der Waals surface area contributed by atoms with Gasteiger partial charge in [0.05, 0.1) is 11.7 Å². The lowest BCUT2D eigenvalue weighted by molar-refractivity contribution is -0.120. The smallest absolute Gasteiger partial charge is 0.320 e. The van der Waals surface area contributed by atoms with Crippen LogP contribution in [0.25, 0.3) is 0 Å². The highest BCUT2D eigenvalue weighted by Crippen LogP contribution is 2.38. The molecule has 1 heterocycles. The Morgan fingerprint density at radius 1 is 1.33 bits per heavy atom. The monoisotopic (exact) mass is 294 g/mol. The van der Waals surface area contributed by atoms with Gasteiger partial charge in [-0.25, -0.2) is 4.79 Å². The van der Waals surface area contributed by atoms with Gasteiger partial charge in [0, 0.05) is 20.1 Å². The minimum Gasteiger partial charge on any atom is -0.354 e. The third kappa shape index (κ3) is 4.37. The molecule has 1 aromatic rings. The minimum absolute atomic E-state index is 0.237. The Bertz CT molecular complexity index is 458. The first-order valence-electron chi connectivity index (χ1n) is 7.14. The Morgan fingerprint density at radius 3 is 2.52 bits per heavy atom. The fraction of sp³-hybridized carbons (Fsp3) is 0.643. The second-order valence-corrected chi connectivity index (χ2v) is 5.07. The van der Waals surface area contributed by atoms with E-state index in [9.17, 15) is 4.79 Å². The summed E-state index contributed by atoms with van der Waals surface area (Å²) in [5, 5.41) is 13.6. The molecular formula is C14H22N4O3. The number of carbonyl (C=O) groups excluding carboxylic acids is 1. The van der Waals surface area contributed by atoms with Crippen molar-refractivity contribution in [3.63, 3.8) is 0 Å². The standard InChI is InChI=1S/C14H22N4O3/c1-4-10(13(20-2)21-3)15-14(19)16-12-8-7-11(17-18-12)9-5-6-9/h7-10,13H,4-6H2,1-3H3,(H2,15,16,18,19). The zero-order valence-electron chi connectivity index (χ0n) is 12.6. The Balaban J connectivity index is 1.87. The van der Waals surface area contributed by atoms with Crippen LogP contribution in [0.15, 0.2) is 12.1 Å². The van der Waals surface area contributed by atoms with Crippen LogP contribution in [0.5, 0.6) is 0 Å². The van der Waals surface area contributed by atoms with E-state index in [0.717, 1.165) is 5.69 Å². The summed E-state index contributed by atoms with van der Waals surface area (Å²) in [5.41, 5.74) is 0.992. The lowest BCUT2D eigenvalue weighted by Gasteiger charge is -2.24. The zero-order valence-corrected chi connectivity index (χ0v) is 12.6. The molecule has 1 fully saturated rings. The quantitative estimate of drug-likeness (QED) is 0.750. The van der Waals surface area contributed by atoms with E-state index in [0.29, 0.717) is 18.2 Å². The van der Waals surface area contributed by atoms with E-state index in [1.54, 1.807) is 20.3 Å². The van der Waals surface area contributed by atoms with E-state index in [-0.39, 0.29) is 12.1 Å². The fourth-order valence-corrected chi connectivity index (χ4v) is 2.11. The zero-order chi connectivity index (χ0) is 15.2. The van der Waals surface area contributed by atoms with Crippen LogP contribution in [0.3, 0.4) is 0 Å². The Kier molecular flexibility index (Phi) is 5.46. The predicted molar refractivity (Wildman–Crippen MR) is 78.0 cm³/mol. The van der Waals surface area contributed by atoms with Crippen LogP contribution in [-0.2, 0) is 9.47 Å². The SMILES string of the molecule is CCC(NC(=O)Nc1ccc(C2CC2)nn1)C(OC)OC. The number of carbonyl (C=O) groups is 1. The molecule has 1 aliphatic carbocycles. The van der Waals surface area contributed by atoms with Crippen molar-refractivity contribution < 1.29 is 14.3 Å². The molecule has 1 aromatic heterocycles. The average Bonchev–Trinajstić information content (AvgIpc) is 3.33. The minimum atomic E-state index is -0.482. The van der Waals surface area contributed by atoms with Crippen LogP contribution < -0.4 is 10.6 Å². The fourth-order valence-electron chi connectivity index (χ4n) is 2.11. The van der Waals surface area contributed by atoms with Gasteiger partial charge in [0.1, 0.15) is 0 Å². The third-order valence-electron chi connectivity index (χ3n) is 3.47. The van der Waals surface area contributed by atoms with Gasteiger partial charge >= 0.3 is 6.03 Å². The van der Waals surface area contributed by atoms with Crippen molar-refractivity contribution in [3.05, 3.63) is 17.8 Å². The van der Waals surface area contributed by atoms with Gasteiger partial charge in [-0.1, -0.05) is 6.92 Å². The molecule has 0 radical (unpaired) electrons. The number of anilines is 1. The summed E-state index contributed by atoms with van der Waals surface area (Å²) < 4.78 is 10.3. The van der Waals surface area contributed by atoms with Crippen molar-refractivity contribution >= 4 is 11.8 Å². The lowest BCUT2D eigenvalue weighted by atomic mass is 10.2. The van der Waals surface area contributed by atoms with Crippen LogP contribution in [-0.4, -0.2) is 42.8 Å². The second kappa shape index (κ2) is 7.33. The number of nitrogens with zero attached hydrogens (tertiary/aromatic N) is 2. The molecule has 0 spiro atoms. The van der Waals surface area contributed by atoms with Crippen molar-refractivity contribution in [1.82, 2.24) is 15.5 Å². The van der Waals surface area contributed by atoms with E-state index >= 15 is 0 Å². The van der Waals surface area contributed by atoms with Gasteiger partial charge in [-0.05, 0) is 31.4 Å². The van der Waals surface area contributed by atoms with Crippen molar-refractivity contribution in [2.75, 3.05) is 19.5 Å². The van der Waals surface area contributed by atoms with Crippen LogP contribution in [0.1, 0.15) is 37.8 Å². The molecule has 2 amide bonds. The molecule has 0 aromatic carbocycles. The van der Waals surface area contributed by atoms with Gasteiger partial charge in [0.15, 0.2) is 12.1 Å². The number of amides is 2. The van der Waals surface area contributed by atoms with Crippen molar-refractivity contribution in [2.45, 2.75) is 44.4 Å². The molecule has 116 valence electrons. The summed E-state index contributed by atoms with van der Waals surface area (Å²) in [6.07, 6.45) is 2.56. The van der Waals surface area contributed by atoms with E-state index < -0.39 is 6.29 Å².